The number of ether oxygens (including phenoxy) is 1. The van der Waals surface area contributed by atoms with Crippen molar-refractivity contribution in [3.8, 4) is 0 Å². The first-order valence-electron chi connectivity index (χ1n) is 10.9. The van der Waals surface area contributed by atoms with Crippen molar-refractivity contribution in [1.29, 1.82) is 0 Å². The molecule has 35 heavy (non-hydrogen) atoms. The molecule has 2 aromatic carbocycles. The van der Waals surface area contributed by atoms with Crippen LogP contribution in [0.4, 0.5) is 21.9 Å². The molecule has 0 aliphatic heterocycles. The summed E-state index contributed by atoms with van der Waals surface area (Å²) in [5.74, 6) is 0.360. The fourth-order valence-corrected chi connectivity index (χ4v) is 3.54. The monoisotopic (exact) mass is 525 g/mol. The van der Waals surface area contributed by atoms with E-state index >= 15 is 0 Å². The number of carbonyl (C=O) groups excluding carboxylic acids is 2. The average Bonchev–Trinajstić information content (AvgIpc) is 2.82. The molecule has 0 spiro atoms. The fourth-order valence-electron chi connectivity index (χ4n) is 3.13. The molecule has 10 nitrogen and oxygen atoms in total. The van der Waals surface area contributed by atoms with Gasteiger partial charge >= 0.3 is 6.09 Å². The quantitative estimate of drug-likeness (QED) is 0.231. The highest BCUT2D eigenvalue weighted by Crippen LogP contribution is 2.21. The molecule has 0 aliphatic carbocycles. The Morgan fingerprint density at radius 1 is 1.03 bits per heavy atom. The minimum absolute atomic E-state index is 0.0932. The number of likely N-dealkylation sites (N-methyl/N-ethyl adjacent to an activating group) is 1. The second kappa shape index (κ2) is 14.3. The molecule has 0 heterocycles. The molecule has 0 saturated carbocycles. The van der Waals surface area contributed by atoms with E-state index in [-0.39, 0.29) is 17.9 Å². The fraction of sp³-hybridized carbons (Fsp3) is 0.391. The summed E-state index contributed by atoms with van der Waals surface area (Å²) < 4.78 is 5.23. The van der Waals surface area contributed by atoms with Crippen molar-refractivity contribution in [2.75, 3.05) is 62.3 Å². The Hall–Kier alpha value is -3.08. The molecule has 0 saturated heterocycles. The van der Waals surface area contributed by atoms with Crippen LogP contribution in [-0.2, 0) is 11.3 Å². The van der Waals surface area contributed by atoms with Crippen LogP contribution in [-0.4, -0.2) is 73.9 Å². The minimum Gasteiger partial charge on any atom is -0.444 e. The molecular formula is C23H29Cl2N5O5. The van der Waals surface area contributed by atoms with E-state index in [1.54, 1.807) is 12.1 Å². The Morgan fingerprint density at radius 2 is 1.69 bits per heavy atom. The highest BCUT2D eigenvalue weighted by Gasteiger charge is 2.21. The van der Waals surface area contributed by atoms with Gasteiger partial charge < -0.3 is 19.9 Å². The smallest absolute Gasteiger partial charge is 0.411 e. The zero-order valence-electron chi connectivity index (χ0n) is 19.6. The minimum atomic E-state index is -0.702. The maximum atomic E-state index is 12.5. The zero-order valence-corrected chi connectivity index (χ0v) is 21.1. The van der Waals surface area contributed by atoms with Gasteiger partial charge in [0.15, 0.2) is 0 Å². The van der Waals surface area contributed by atoms with Crippen LogP contribution in [0, 0.1) is 10.1 Å². The molecule has 0 radical (unpaired) electrons. The van der Waals surface area contributed by atoms with Gasteiger partial charge in [-0.3, -0.25) is 20.2 Å². The van der Waals surface area contributed by atoms with E-state index in [0.717, 1.165) is 5.69 Å². The van der Waals surface area contributed by atoms with E-state index in [1.165, 1.54) is 18.2 Å². The van der Waals surface area contributed by atoms with Crippen molar-refractivity contribution >= 4 is 52.3 Å². The first kappa shape index (κ1) is 28.2. The summed E-state index contributed by atoms with van der Waals surface area (Å²) >= 11 is 11.7. The Labute approximate surface area is 214 Å². The number of alkyl halides is 2. The standard InChI is InChI=1S/C23H29Cl2N5O5/c1-28(2)14-11-26-22(31)20-15-17(3-8-21(20)30(33)34)16-35-23(32)27-18-4-6-19(7-5-18)29(12-9-24)13-10-25/h3-8,15H,9-14,16H2,1-2H3,(H,26,31)(H,27,32). The third kappa shape index (κ3) is 9.23. The molecule has 0 unspecified atom stereocenters. The van der Waals surface area contributed by atoms with Crippen molar-refractivity contribution in [2.24, 2.45) is 0 Å². The van der Waals surface area contributed by atoms with Gasteiger partial charge in [-0.1, -0.05) is 0 Å². The zero-order chi connectivity index (χ0) is 25.8. The molecular weight excluding hydrogens is 497 g/mol. The number of nitrogens with one attached hydrogen (secondary N) is 2. The Morgan fingerprint density at radius 3 is 2.26 bits per heavy atom. The van der Waals surface area contributed by atoms with Crippen molar-refractivity contribution < 1.29 is 19.2 Å². The van der Waals surface area contributed by atoms with Gasteiger partial charge in [0, 0.05) is 55.4 Å². The number of nitrogens with zero attached hydrogens (tertiary/aromatic N) is 3. The van der Waals surface area contributed by atoms with E-state index in [9.17, 15) is 19.7 Å². The van der Waals surface area contributed by atoms with Gasteiger partial charge in [-0.05, 0) is 56.1 Å². The predicted octanol–water partition coefficient (Wildman–Crippen LogP) is 3.92. The van der Waals surface area contributed by atoms with Gasteiger partial charge in [-0.2, -0.15) is 0 Å². The molecule has 0 aromatic heterocycles. The number of hydrogen-bond acceptors (Lipinski definition) is 7. The number of nitro benzene ring substituents is 1. The lowest BCUT2D eigenvalue weighted by Crippen LogP contribution is -2.31. The Kier molecular flexibility index (Phi) is 11.5. The van der Waals surface area contributed by atoms with Crippen molar-refractivity contribution in [1.82, 2.24) is 10.2 Å². The highest BCUT2D eigenvalue weighted by molar-refractivity contribution is 6.18. The van der Waals surface area contributed by atoms with E-state index in [4.69, 9.17) is 27.9 Å². The summed E-state index contributed by atoms with van der Waals surface area (Å²) in [4.78, 5) is 39.3. The molecule has 0 fully saturated rings. The third-order valence-corrected chi connectivity index (χ3v) is 5.24. The van der Waals surface area contributed by atoms with Gasteiger partial charge in [0.1, 0.15) is 12.2 Å². The molecule has 190 valence electrons. The number of anilines is 2. The van der Waals surface area contributed by atoms with Crippen LogP contribution in [0.3, 0.4) is 0 Å². The number of benzene rings is 2. The number of nitro groups is 1. The summed E-state index contributed by atoms with van der Waals surface area (Å²) in [6, 6.07) is 11.2. The van der Waals surface area contributed by atoms with E-state index < -0.39 is 16.9 Å². The van der Waals surface area contributed by atoms with Crippen LogP contribution in [0.25, 0.3) is 0 Å². The van der Waals surface area contributed by atoms with Crippen molar-refractivity contribution in [2.45, 2.75) is 6.61 Å². The highest BCUT2D eigenvalue weighted by atomic mass is 35.5. The summed E-state index contributed by atoms with van der Waals surface area (Å²) in [5, 5.41) is 16.6. The SMILES string of the molecule is CN(C)CCNC(=O)c1cc(COC(=O)Nc2ccc(N(CCCl)CCCl)cc2)ccc1[N+](=O)[O-]. The third-order valence-electron chi connectivity index (χ3n) is 4.90. The normalized spacial score (nSPS) is 10.7. The number of carbonyl (C=O) groups is 2. The van der Waals surface area contributed by atoms with Crippen molar-refractivity contribution in [3.63, 3.8) is 0 Å². The largest absolute Gasteiger partial charge is 0.444 e. The lowest BCUT2D eigenvalue weighted by atomic mass is 10.1. The van der Waals surface area contributed by atoms with Crippen LogP contribution in [0.1, 0.15) is 15.9 Å². The van der Waals surface area contributed by atoms with Gasteiger partial charge in [-0.25, -0.2) is 4.79 Å². The summed E-state index contributed by atoms with van der Waals surface area (Å²) in [7, 11) is 3.70. The topological polar surface area (TPSA) is 117 Å². The molecule has 0 bridgehead atoms. The van der Waals surface area contributed by atoms with E-state index in [0.29, 0.717) is 49.2 Å². The molecule has 2 rings (SSSR count). The lowest BCUT2D eigenvalue weighted by Gasteiger charge is -2.23. The molecule has 2 N–H and O–H groups in total. The number of rotatable bonds is 13. The Bertz CT molecular complexity index is 998. The maximum absolute atomic E-state index is 12.5. The summed E-state index contributed by atoms with van der Waals surface area (Å²) in [6.45, 7) is 2.04. The van der Waals surface area contributed by atoms with Crippen LogP contribution < -0.4 is 15.5 Å². The first-order valence-corrected chi connectivity index (χ1v) is 11.9. The lowest BCUT2D eigenvalue weighted by molar-refractivity contribution is -0.385. The summed E-state index contributed by atoms with van der Waals surface area (Å²) in [5.41, 5.74) is 1.48. The second-order valence-electron chi connectivity index (χ2n) is 7.78. The van der Waals surface area contributed by atoms with Crippen LogP contribution >= 0.6 is 23.2 Å². The molecule has 0 aliphatic rings. The number of amides is 2. The van der Waals surface area contributed by atoms with E-state index in [1.807, 2.05) is 36.0 Å². The molecule has 2 aromatic rings. The molecule has 12 heteroatoms. The van der Waals surface area contributed by atoms with Crippen LogP contribution in [0.5, 0.6) is 0 Å². The van der Waals surface area contributed by atoms with Crippen LogP contribution in [0.2, 0.25) is 0 Å². The molecule has 0 atom stereocenters. The number of hydrogen-bond donors (Lipinski definition) is 2. The summed E-state index contributed by atoms with van der Waals surface area (Å²) in [6.07, 6.45) is -0.702. The van der Waals surface area contributed by atoms with Gasteiger partial charge in [0.2, 0.25) is 0 Å². The first-order chi connectivity index (χ1) is 16.7. The van der Waals surface area contributed by atoms with Gasteiger partial charge in [0.25, 0.3) is 11.6 Å². The van der Waals surface area contributed by atoms with Crippen molar-refractivity contribution in [3.05, 3.63) is 63.7 Å². The van der Waals surface area contributed by atoms with E-state index in [2.05, 4.69) is 10.6 Å². The van der Waals surface area contributed by atoms with Crippen LogP contribution in [0.15, 0.2) is 42.5 Å². The molecule has 2 amide bonds. The Balaban J connectivity index is 1.99. The maximum Gasteiger partial charge on any atom is 0.411 e. The predicted molar refractivity (Wildman–Crippen MR) is 138 cm³/mol. The van der Waals surface area contributed by atoms with Gasteiger partial charge in [-0.15, -0.1) is 23.2 Å². The number of halogens is 2. The second-order valence-corrected chi connectivity index (χ2v) is 8.54. The van der Waals surface area contributed by atoms with Gasteiger partial charge in [0.05, 0.1) is 4.92 Å². The average molecular weight is 526 g/mol.